The molecule has 0 radical (unpaired) electrons. The number of benzene rings is 1. The summed E-state index contributed by atoms with van der Waals surface area (Å²) in [6, 6.07) is 12.3. The van der Waals surface area contributed by atoms with Crippen LogP contribution < -0.4 is 0 Å². The van der Waals surface area contributed by atoms with Crippen molar-refractivity contribution >= 4 is 16.0 Å². The molecule has 130 valence electrons. The number of nitriles is 1. The first-order chi connectivity index (χ1) is 11.8. The van der Waals surface area contributed by atoms with Crippen molar-refractivity contribution < 1.29 is 17.9 Å². The number of aromatic nitrogens is 1. The van der Waals surface area contributed by atoms with E-state index in [1.54, 1.807) is 18.2 Å². The number of ether oxygens (including phenoxy) is 1. The Morgan fingerprint density at radius 2 is 2.00 bits per heavy atom. The predicted octanol–water partition coefficient (Wildman–Crippen LogP) is 1.66. The van der Waals surface area contributed by atoms with Crippen molar-refractivity contribution in [1.29, 1.82) is 5.26 Å². The van der Waals surface area contributed by atoms with Crippen LogP contribution in [0.1, 0.15) is 18.2 Å². The van der Waals surface area contributed by atoms with Crippen LogP contribution in [0.25, 0.3) is 0 Å². The van der Waals surface area contributed by atoms with Gasteiger partial charge in [-0.2, -0.15) is 9.57 Å². The third-order valence-corrected chi connectivity index (χ3v) is 5.93. The number of carbonyl (C=O) groups excluding carboxylic acids is 1. The Morgan fingerprint density at radius 1 is 1.28 bits per heavy atom. The number of esters is 1. The number of likely N-dealkylation sites (N-methyl/N-ethyl adjacent to an activating group) is 1. The SMILES string of the molecule is COC(=O)[C@@](C)(c1ccccn1)N(C)S(=O)(=O)c1cccc(C#N)c1. The number of hydrogen-bond acceptors (Lipinski definition) is 6. The molecule has 0 unspecified atom stereocenters. The highest BCUT2D eigenvalue weighted by atomic mass is 32.2. The highest BCUT2D eigenvalue weighted by Crippen LogP contribution is 2.32. The maximum Gasteiger partial charge on any atom is 0.333 e. The van der Waals surface area contributed by atoms with Gasteiger partial charge >= 0.3 is 5.97 Å². The molecule has 1 aromatic carbocycles. The van der Waals surface area contributed by atoms with Crippen LogP contribution in [-0.2, 0) is 25.1 Å². The maximum absolute atomic E-state index is 13.0. The third kappa shape index (κ3) is 3.24. The van der Waals surface area contributed by atoms with Crippen molar-refractivity contribution in [3.05, 3.63) is 59.9 Å². The zero-order chi connectivity index (χ0) is 18.7. The standard InChI is InChI=1S/C17H17N3O4S/c1-17(16(21)24-3,15-9-4-5-10-19-15)20(2)25(22,23)14-8-6-7-13(11-14)12-18/h4-11H,1-3H3/t17-/m1/s1. The number of carbonyl (C=O) groups is 1. The normalized spacial score (nSPS) is 13.7. The fraction of sp³-hybridized carbons (Fsp3) is 0.235. The first-order valence-electron chi connectivity index (χ1n) is 7.27. The predicted molar refractivity (Wildman–Crippen MR) is 89.7 cm³/mol. The van der Waals surface area contributed by atoms with E-state index in [2.05, 4.69) is 4.98 Å². The molecule has 0 aliphatic rings. The zero-order valence-electron chi connectivity index (χ0n) is 14.0. The van der Waals surface area contributed by atoms with Crippen molar-refractivity contribution in [3.8, 4) is 6.07 Å². The Hall–Kier alpha value is -2.76. The molecule has 1 heterocycles. The number of nitrogens with zero attached hydrogens (tertiary/aromatic N) is 3. The minimum absolute atomic E-state index is 0.0971. The third-order valence-electron chi connectivity index (χ3n) is 4.00. The lowest BCUT2D eigenvalue weighted by Gasteiger charge is -2.34. The van der Waals surface area contributed by atoms with Gasteiger partial charge in [0.1, 0.15) is 0 Å². The largest absolute Gasteiger partial charge is 0.467 e. The maximum atomic E-state index is 13.0. The molecule has 0 aliphatic heterocycles. The molecule has 0 N–H and O–H groups in total. The topological polar surface area (TPSA) is 100 Å². The molecule has 8 heteroatoms. The van der Waals surface area contributed by atoms with Gasteiger partial charge in [0, 0.05) is 13.2 Å². The molecule has 0 aliphatic carbocycles. The Kier molecular flexibility index (Phi) is 5.21. The fourth-order valence-corrected chi connectivity index (χ4v) is 3.86. The van der Waals surface area contributed by atoms with Crippen LogP contribution in [0.5, 0.6) is 0 Å². The van der Waals surface area contributed by atoms with Crippen LogP contribution in [0.4, 0.5) is 0 Å². The van der Waals surface area contributed by atoms with Crippen LogP contribution >= 0.6 is 0 Å². The summed E-state index contributed by atoms with van der Waals surface area (Å²) >= 11 is 0. The van der Waals surface area contributed by atoms with Gasteiger partial charge in [-0.05, 0) is 37.3 Å². The summed E-state index contributed by atoms with van der Waals surface area (Å²) in [4.78, 5) is 16.5. The van der Waals surface area contributed by atoms with E-state index in [1.807, 2.05) is 6.07 Å². The van der Waals surface area contributed by atoms with Gasteiger partial charge in [-0.1, -0.05) is 12.1 Å². The summed E-state index contributed by atoms with van der Waals surface area (Å²) in [5, 5.41) is 8.99. The first kappa shape index (κ1) is 18.6. The monoisotopic (exact) mass is 359 g/mol. The van der Waals surface area contributed by atoms with Gasteiger partial charge in [0.25, 0.3) is 0 Å². The second kappa shape index (κ2) is 7.01. The molecule has 0 bridgehead atoms. The minimum atomic E-state index is -4.09. The number of methoxy groups -OCH3 is 1. The van der Waals surface area contributed by atoms with E-state index >= 15 is 0 Å². The van der Waals surface area contributed by atoms with Crippen LogP contribution in [0.2, 0.25) is 0 Å². The van der Waals surface area contributed by atoms with Crippen LogP contribution in [-0.4, -0.2) is 37.8 Å². The Balaban J connectivity index is 2.62. The van der Waals surface area contributed by atoms with Gasteiger partial charge in [0.15, 0.2) is 5.54 Å². The lowest BCUT2D eigenvalue weighted by molar-refractivity contribution is -0.151. The minimum Gasteiger partial charge on any atom is -0.467 e. The van der Waals surface area contributed by atoms with E-state index in [0.717, 1.165) is 4.31 Å². The van der Waals surface area contributed by atoms with Gasteiger partial charge < -0.3 is 4.74 Å². The van der Waals surface area contributed by atoms with Gasteiger partial charge in [-0.25, -0.2) is 13.2 Å². The van der Waals surface area contributed by atoms with Gasteiger partial charge in [0.2, 0.25) is 10.0 Å². The fourth-order valence-electron chi connectivity index (χ4n) is 2.37. The highest BCUT2D eigenvalue weighted by Gasteiger charge is 2.47. The van der Waals surface area contributed by atoms with Gasteiger partial charge in [-0.15, -0.1) is 0 Å². The number of rotatable bonds is 5. The van der Waals surface area contributed by atoms with E-state index in [9.17, 15) is 13.2 Å². The first-order valence-corrected chi connectivity index (χ1v) is 8.71. The Morgan fingerprint density at radius 3 is 2.56 bits per heavy atom. The zero-order valence-corrected chi connectivity index (χ0v) is 14.8. The van der Waals surface area contributed by atoms with Crippen LogP contribution in [0, 0.1) is 11.3 Å². The highest BCUT2D eigenvalue weighted by molar-refractivity contribution is 7.89. The summed E-state index contributed by atoms with van der Waals surface area (Å²) < 4.78 is 31.8. The molecule has 7 nitrogen and oxygen atoms in total. The summed E-state index contributed by atoms with van der Waals surface area (Å²) in [6.07, 6.45) is 1.47. The molecule has 1 aromatic heterocycles. The number of hydrogen-bond donors (Lipinski definition) is 0. The van der Waals surface area contributed by atoms with Crippen molar-refractivity contribution in [1.82, 2.24) is 9.29 Å². The van der Waals surface area contributed by atoms with Gasteiger partial charge in [-0.3, -0.25) is 4.98 Å². The average Bonchev–Trinajstić information content (AvgIpc) is 2.66. The second-order valence-electron chi connectivity index (χ2n) is 5.39. The van der Waals surface area contributed by atoms with Crippen molar-refractivity contribution in [2.24, 2.45) is 0 Å². The lowest BCUT2D eigenvalue weighted by atomic mass is 9.97. The Bertz CT molecular complexity index is 922. The molecular weight excluding hydrogens is 342 g/mol. The van der Waals surface area contributed by atoms with Crippen molar-refractivity contribution in [3.63, 3.8) is 0 Å². The second-order valence-corrected chi connectivity index (χ2v) is 7.36. The molecule has 0 spiro atoms. The molecule has 25 heavy (non-hydrogen) atoms. The van der Waals surface area contributed by atoms with Gasteiger partial charge in [0.05, 0.1) is 29.3 Å². The quantitative estimate of drug-likeness (QED) is 0.753. The smallest absolute Gasteiger partial charge is 0.333 e. The van der Waals surface area contributed by atoms with E-state index in [4.69, 9.17) is 10.00 Å². The molecule has 0 fully saturated rings. The summed E-state index contributed by atoms with van der Waals surface area (Å²) in [6.45, 7) is 1.42. The molecule has 0 saturated carbocycles. The van der Waals surface area contributed by atoms with Crippen LogP contribution in [0.15, 0.2) is 53.6 Å². The lowest BCUT2D eigenvalue weighted by Crippen LogP contribution is -2.51. The molecule has 0 amide bonds. The summed E-state index contributed by atoms with van der Waals surface area (Å²) in [5.41, 5.74) is -1.24. The van der Waals surface area contributed by atoms with E-state index < -0.39 is 21.5 Å². The van der Waals surface area contributed by atoms with Crippen LogP contribution in [0.3, 0.4) is 0 Å². The molecule has 2 rings (SSSR count). The molecule has 1 atom stereocenters. The number of sulfonamides is 1. The molecule has 2 aromatic rings. The number of pyridine rings is 1. The summed E-state index contributed by atoms with van der Waals surface area (Å²) in [5.74, 6) is -0.770. The molecule has 0 saturated heterocycles. The summed E-state index contributed by atoms with van der Waals surface area (Å²) in [7, 11) is -1.63. The van der Waals surface area contributed by atoms with Crippen molar-refractivity contribution in [2.75, 3.05) is 14.2 Å². The van der Waals surface area contributed by atoms with E-state index in [-0.39, 0.29) is 16.2 Å². The molecular formula is C17H17N3O4S. The average molecular weight is 359 g/mol. The van der Waals surface area contributed by atoms with E-state index in [1.165, 1.54) is 51.5 Å². The Labute approximate surface area is 146 Å². The van der Waals surface area contributed by atoms with E-state index in [0.29, 0.717) is 0 Å². The van der Waals surface area contributed by atoms with Crippen molar-refractivity contribution in [2.45, 2.75) is 17.4 Å².